The smallest absolute Gasteiger partial charge is 0.236 e. The lowest BCUT2D eigenvalue weighted by molar-refractivity contribution is -0.118. The quantitative estimate of drug-likeness (QED) is 0.481. The van der Waals surface area contributed by atoms with Crippen LogP contribution in [0.3, 0.4) is 0 Å². The van der Waals surface area contributed by atoms with Crippen molar-refractivity contribution in [1.82, 2.24) is 5.43 Å². The monoisotopic (exact) mass is 394 g/mol. The van der Waals surface area contributed by atoms with Gasteiger partial charge in [0, 0.05) is 10.5 Å². The molecule has 0 radical (unpaired) electrons. The zero-order valence-electron chi connectivity index (χ0n) is 11.5. The minimum Gasteiger partial charge on any atom is -0.489 e. The number of hydrazone groups is 1. The Morgan fingerprint density at radius 1 is 1.19 bits per heavy atom. The van der Waals surface area contributed by atoms with E-state index in [2.05, 4.69) is 57.4 Å². The summed E-state index contributed by atoms with van der Waals surface area (Å²) < 4.78 is 6.92. The maximum atomic E-state index is 10.7. The fraction of sp³-hybridized carbons (Fsp3) is 0.125. The molecule has 108 valence electrons. The molecule has 0 spiro atoms. The van der Waals surface area contributed by atoms with Crippen molar-refractivity contribution in [3.63, 3.8) is 0 Å². The molecule has 0 aromatic heterocycles. The first-order valence-corrected chi connectivity index (χ1v) is 7.48. The standard InChI is InChI=1S/C16H15IN2O2/c1-12(20)19-18-10-13-4-8-16(9-5-13)21-11-14-2-6-15(17)7-3-14/h2-10H,11H2,1H3,(H,19,20)/b18-10-. The number of ether oxygens (including phenoxy) is 1. The van der Waals surface area contributed by atoms with Crippen molar-refractivity contribution in [1.29, 1.82) is 0 Å². The van der Waals surface area contributed by atoms with Crippen LogP contribution in [0.15, 0.2) is 53.6 Å². The zero-order valence-corrected chi connectivity index (χ0v) is 13.7. The number of benzene rings is 2. The van der Waals surface area contributed by atoms with Crippen LogP contribution in [0.25, 0.3) is 0 Å². The van der Waals surface area contributed by atoms with Crippen LogP contribution in [-0.4, -0.2) is 12.1 Å². The third-order valence-electron chi connectivity index (χ3n) is 2.63. The van der Waals surface area contributed by atoms with Crippen LogP contribution in [0.4, 0.5) is 0 Å². The molecule has 0 bridgehead atoms. The molecule has 0 fully saturated rings. The molecule has 0 aliphatic heterocycles. The summed E-state index contributed by atoms with van der Waals surface area (Å²) >= 11 is 2.28. The Hall–Kier alpha value is -1.89. The number of hydrogen-bond acceptors (Lipinski definition) is 3. The maximum absolute atomic E-state index is 10.7. The minimum absolute atomic E-state index is 0.191. The highest BCUT2D eigenvalue weighted by atomic mass is 127. The van der Waals surface area contributed by atoms with Crippen LogP contribution in [-0.2, 0) is 11.4 Å². The highest BCUT2D eigenvalue weighted by molar-refractivity contribution is 14.1. The van der Waals surface area contributed by atoms with E-state index in [0.29, 0.717) is 6.61 Å². The lowest BCUT2D eigenvalue weighted by atomic mass is 10.2. The van der Waals surface area contributed by atoms with Crippen LogP contribution < -0.4 is 10.2 Å². The molecule has 5 heteroatoms. The average Bonchev–Trinajstić information content (AvgIpc) is 2.48. The number of halogens is 1. The van der Waals surface area contributed by atoms with Crippen LogP contribution >= 0.6 is 22.6 Å². The molecule has 0 heterocycles. The molecule has 0 saturated heterocycles. The Morgan fingerprint density at radius 2 is 1.86 bits per heavy atom. The van der Waals surface area contributed by atoms with E-state index < -0.39 is 0 Å². The summed E-state index contributed by atoms with van der Waals surface area (Å²) in [6, 6.07) is 15.7. The number of hydrogen-bond donors (Lipinski definition) is 1. The van der Waals surface area contributed by atoms with Gasteiger partial charge in [0.1, 0.15) is 12.4 Å². The molecule has 4 nitrogen and oxygen atoms in total. The molecule has 1 amide bonds. The number of nitrogens with zero attached hydrogens (tertiary/aromatic N) is 1. The summed E-state index contributed by atoms with van der Waals surface area (Å²) in [4.78, 5) is 10.7. The van der Waals surface area contributed by atoms with Crippen molar-refractivity contribution in [2.75, 3.05) is 0 Å². The van der Waals surface area contributed by atoms with Gasteiger partial charge in [-0.15, -0.1) is 0 Å². The summed E-state index contributed by atoms with van der Waals surface area (Å²) in [6.07, 6.45) is 1.59. The Morgan fingerprint density at radius 3 is 2.48 bits per heavy atom. The third kappa shape index (κ3) is 5.55. The predicted octanol–water partition coefficient (Wildman–Crippen LogP) is 3.34. The van der Waals surface area contributed by atoms with Gasteiger partial charge in [0.2, 0.25) is 5.91 Å². The molecule has 2 aromatic carbocycles. The van der Waals surface area contributed by atoms with Crippen LogP contribution in [0.5, 0.6) is 5.75 Å². The number of carbonyl (C=O) groups excluding carboxylic acids is 1. The number of rotatable bonds is 5. The Balaban J connectivity index is 1.88. The van der Waals surface area contributed by atoms with Gasteiger partial charge in [-0.3, -0.25) is 4.79 Å². The van der Waals surface area contributed by atoms with E-state index in [1.165, 1.54) is 10.5 Å². The fourth-order valence-corrected chi connectivity index (χ4v) is 1.95. The Bertz CT molecular complexity index is 622. The second kappa shape index (κ2) is 7.78. The SMILES string of the molecule is CC(=O)N/N=C\c1ccc(OCc2ccc(I)cc2)cc1. The normalized spacial score (nSPS) is 10.6. The van der Waals surface area contributed by atoms with Crippen molar-refractivity contribution >= 4 is 34.7 Å². The van der Waals surface area contributed by atoms with Crippen molar-refractivity contribution in [3.05, 3.63) is 63.2 Å². The van der Waals surface area contributed by atoms with Crippen LogP contribution in [0, 0.1) is 3.57 Å². The topological polar surface area (TPSA) is 50.7 Å². The first-order valence-electron chi connectivity index (χ1n) is 6.40. The second-order valence-electron chi connectivity index (χ2n) is 4.41. The van der Waals surface area contributed by atoms with Gasteiger partial charge in [-0.05, 0) is 70.1 Å². The summed E-state index contributed by atoms with van der Waals surface area (Å²) in [5, 5.41) is 3.81. The molecule has 0 atom stereocenters. The highest BCUT2D eigenvalue weighted by Crippen LogP contribution is 2.14. The van der Waals surface area contributed by atoms with E-state index in [9.17, 15) is 4.79 Å². The van der Waals surface area contributed by atoms with Crippen molar-refractivity contribution in [3.8, 4) is 5.75 Å². The molecule has 0 aliphatic carbocycles. The van der Waals surface area contributed by atoms with Crippen molar-refractivity contribution in [2.24, 2.45) is 5.10 Å². The van der Waals surface area contributed by atoms with E-state index in [-0.39, 0.29) is 5.91 Å². The van der Waals surface area contributed by atoms with Crippen LogP contribution in [0.1, 0.15) is 18.1 Å². The minimum atomic E-state index is -0.191. The lowest BCUT2D eigenvalue weighted by Crippen LogP contribution is -2.12. The first kappa shape index (κ1) is 15.5. The molecule has 2 rings (SSSR count). The maximum Gasteiger partial charge on any atom is 0.236 e. The zero-order chi connectivity index (χ0) is 15.1. The second-order valence-corrected chi connectivity index (χ2v) is 5.66. The Kier molecular flexibility index (Phi) is 5.74. The molecule has 0 saturated carbocycles. The summed E-state index contributed by atoms with van der Waals surface area (Å²) in [5.74, 6) is 0.606. The average molecular weight is 394 g/mol. The van der Waals surface area contributed by atoms with Gasteiger partial charge in [0.05, 0.1) is 6.21 Å². The molecule has 1 N–H and O–H groups in total. The first-order chi connectivity index (χ1) is 10.1. The summed E-state index contributed by atoms with van der Waals surface area (Å²) in [5.41, 5.74) is 4.38. The van der Waals surface area contributed by atoms with Gasteiger partial charge >= 0.3 is 0 Å². The van der Waals surface area contributed by atoms with Gasteiger partial charge in [-0.1, -0.05) is 12.1 Å². The van der Waals surface area contributed by atoms with E-state index in [4.69, 9.17) is 4.74 Å². The predicted molar refractivity (Wildman–Crippen MR) is 91.3 cm³/mol. The molecule has 0 unspecified atom stereocenters. The van der Waals surface area contributed by atoms with Gasteiger partial charge in [0.15, 0.2) is 0 Å². The number of nitrogens with one attached hydrogen (secondary N) is 1. The number of carbonyl (C=O) groups is 1. The van der Waals surface area contributed by atoms with E-state index in [1.54, 1.807) is 6.21 Å². The third-order valence-corrected chi connectivity index (χ3v) is 3.35. The Labute approximate surface area is 137 Å². The largest absolute Gasteiger partial charge is 0.489 e. The summed E-state index contributed by atoms with van der Waals surface area (Å²) in [7, 11) is 0. The molecule has 0 aliphatic rings. The molecular weight excluding hydrogens is 379 g/mol. The van der Waals surface area contributed by atoms with Gasteiger partial charge in [-0.2, -0.15) is 5.10 Å². The van der Waals surface area contributed by atoms with Crippen LogP contribution in [0.2, 0.25) is 0 Å². The van der Waals surface area contributed by atoms with E-state index in [0.717, 1.165) is 16.9 Å². The lowest BCUT2D eigenvalue weighted by Gasteiger charge is -2.06. The van der Waals surface area contributed by atoms with Crippen molar-refractivity contribution < 1.29 is 9.53 Å². The van der Waals surface area contributed by atoms with Crippen molar-refractivity contribution in [2.45, 2.75) is 13.5 Å². The fourth-order valence-electron chi connectivity index (χ4n) is 1.60. The van der Waals surface area contributed by atoms with Gasteiger partial charge in [-0.25, -0.2) is 5.43 Å². The number of amides is 1. The van der Waals surface area contributed by atoms with Gasteiger partial charge in [0.25, 0.3) is 0 Å². The van der Waals surface area contributed by atoms with E-state index in [1.807, 2.05) is 24.3 Å². The molecular formula is C16H15IN2O2. The van der Waals surface area contributed by atoms with Gasteiger partial charge < -0.3 is 4.74 Å². The summed E-state index contributed by atoms with van der Waals surface area (Å²) in [6.45, 7) is 1.95. The molecule has 21 heavy (non-hydrogen) atoms. The highest BCUT2D eigenvalue weighted by Gasteiger charge is 1.97. The van der Waals surface area contributed by atoms with E-state index >= 15 is 0 Å². The molecule has 2 aromatic rings.